The Bertz CT molecular complexity index is 1030. The second kappa shape index (κ2) is 8.48. The lowest BCUT2D eigenvalue weighted by Gasteiger charge is -2.29. The van der Waals surface area contributed by atoms with Crippen LogP contribution in [0.1, 0.15) is 30.1 Å². The van der Waals surface area contributed by atoms with Crippen molar-refractivity contribution in [3.05, 3.63) is 63.2 Å². The predicted octanol–water partition coefficient (Wildman–Crippen LogP) is 3.92. The zero-order valence-corrected chi connectivity index (χ0v) is 17.2. The Hall–Kier alpha value is -2.49. The van der Waals surface area contributed by atoms with Gasteiger partial charge in [-0.3, -0.25) is 14.9 Å². The number of piperidine rings is 1. The molecule has 2 aromatic carbocycles. The van der Waals surface area contributed by atoms with Crippen LogP contribution in [0.3, 0.4) is 0 Å². The van der Waals surface area contributed by atoms with Crippen molar-refractivity contribution in [2.24, 2.45) is 5.92 Å². The molecule has 154 valence electrons. The molecular weight excluding hydrogens is 418 g/mol. The minimum absolute atomic E-state index is 0.0417. The van der Waals surface area contributed by atoms with E-state index in [4.69, 9.17) is 11.6 Å². The largest absolute Gasteiger partial charge is 0.322 e. The molecule has 1 fully saturated rings. The lowest BCUT2D eigenvalue weighted by atomic mass is 10.0. The van der Waals surface area contributed by atoms with Crippen LogP contribution in [0.5, 0.6) is 0 Å². The fourth-order valence-corrected chi connectivity index (χ4v) is 4.76. The van der Waals surface area contributed by atoms with E-state index in [0.29, 0.717) is 24.7 Å². The van der Waals surface area contributed by atoms with E-state index >= 15 is 0 Å². The SMILES string of the molecule is CC1CCN(S(=O)(=O)c2ccc(NC(=O)c3cc([N+](=O)[O-])ccc3Cl)cc2)CC1. The van der Waals surface area contributed by atoms with Crippen LogP contribution in [-0.4, -0.2) is 36.6 Å². The molecule has 2 aromatic rings. The maximum atomic E-state index is 12.8. The standard InChI is InChI=1S/C19H20ClN3O5S/c1-13-8-10-22(11-9-13)29(27,28)16-5-2-14(3-6-16)21-19(24)17-12-15(23(25)26)4-7-18(17)20/h2-7,12-13H,8-11H2,1H3,(H,21,24). The summed E-state index contributed by atoms with van der Waals surface area (Å²) in [5.74, 6) is -0.112. The van der Waals surface area contributed by atoms with E-state index in [1.54, 1.807) is 0 Å². The number of halogens is 1. The highest BCUT2D eigenvalue weighted by Crippen LogP contribution is 2.26. The Kier molecular flexibility index (Phi) is 6.21. The third kappa shape index (κ3) is 4.75. The van der Waals surface area contributed by atoms with Crippen LogP contribution in [0.25, 0.3) is 0 Å². The number of nitrogens with one attached hydrogen (secondary N) is 1. The fourth-order valence-electron chi connectivity index (χ4n) is 3.08. The van der Waals surface area contributed by atoms with Crippen LogP contribution in [0, 0.1) is 16.0 Å². The summed E-state index contributed by atoms with van der Waals surface area (Å²) in [5.41, 5.74) is 0.0561. The third-order valence-corrected chi connectivity index (χ3v) is 7.14. The number of nitro benzene ring substituents is 1. The number of sulfonamides is 1. The summed E-state index contributed by atoms with van der Waals surface area (Å²) in [4.78, 5) is 22.9. The Morgan fingerprint density at radius 3 is 2.38 bits per heavy atom. The molecule has 1 aliphatic rings. The summed E-state index contributed by atoms with van der Waals surface area (Å²) in [6, 6.07) is 9.39. The fraction of sp³-hybridized carbons (Fsp3) is 0.316. The van der Waals surface area contributed by atoms with Gasteiger partial charge in [-0.05, 0) is 49.1 Å². The van der Waals surface area contributed by atoms with Crippen LogP contribution in [0.4, 0.5) is 11.4 Å². The van der Waals surface area contributed by atoms with E-state index in [9.17, 15) is 23.3 Å². The van der Waals surface area contributed by atoms with Crippen LogP contribution in [-0.2, 0) is 10.0 Å². The van der Waals surface area contributed by atoms with Crippen molar-refractivity contribution in [1.82, 2.24) is 4.31 Å². The number of nitro groups is 1. The number of nitrogens with zero attached hydrogens (tertiary/aromatic N) is 2. The second-order valence-electron chi connectivity index (χ2n) is 6.99. The second-order valence-corrected chi connectivity index (χ2v) is 9.33. The molecule has 1 saturated heterocycles. The molecule has 3 rings (SSSR count). The lowest BCUT2D eigenvalue weighted by Crippen LogP contribution is -2.37. The Morgan fingerprint density at radius 1 is 1.17 bits per heavy atom. The van der Waals surface area contributed by atoms with Gasteiger partial charge in [-0.1, -0.05) is 18.5 Å². The highest BCUT2D eigenvalue weighted by Gasteiger charge is 2.28. The minimum Gasteiger partial charge on any atom is -0.322 e. The molecule has 10 heteroatoms. The van der Waals surface area contributed by atoms with E-state index in [-0.39, 0.29) is 21.2 Å². The number of rotatable bonds is 5. The van der Waals surface area contributed by atoms with E-state index in [2.05, 4.69) is 12.2 Å². The number of hydrogen-bond acceptors (Lipinski definition) is 5. The lowest BCUT2D eigenvalue weighted by molar-refractivity contribution is -0.384. The molecule has 0 aliphatic carbocycles. The van der Waals surface area contributed by atoms with Crippen molar-refractivity contribution in [2.45, 2.75) is 24.7 Å². The quantitative estimate of drug-likeness (QED) is 0.563. The zero-order valence-electron chi connectivity index (χ0n) is 15.7. The van der Waals surface area contributed by atoms with Gasteiger partial charge in [0.2, 0.25) is 10.0 Å². The van der Waals surface area contributed by atoms with E-state index in [0.717, 1.165) is 18.9 Å². The molecule has 0 bridgehead atoms. The van der Waals surface area contributed by atoms with E-state index in [1.807, 2.05) is 0 Å². The smallest absolute Gasteiger partial charge is 0.270 e. The van der Waals surface area contributed by atoms with Crippen LogP contribution in [0.15, 0.2) is 47.4 Å². The van der Waals surface area contributed by atoms with Crippen molar-refractivity contribution in [3.63, 3.8) is 0 Å². The maximum absolute atomic E-state index is 12.8. The molecule has 1 aliphatic heterocycles. The average Bonchev–Trinajstić information content (AvgIpc) is 2.69. The van der Waals surface area contributed by atoms with Crippen LogP contribution >= 0.6 is 11.6 Å². The van der Waals surface area contributed by atoms with Crippen molar-refractivity contribution in [1.29, 1.82) is 0 Å². The number of amides is 1. The zero-order chi connectivity index (χ0) is 21.2. The summed E-state index contributed by atoms with van der Waals surface area (Å²) >= 11 is 5.98. The van der Waals surface area contributed by atoms with Gasteiger partial charge in [-0.15, -0.1) is 0 Å². The molecule has 0 unspecified atom stereocenters. The molecular formula is C19H20ClN3O5S. The van der Waals surface area contributed by atoms with Gasteiger partial charge in [0.1, 0.15) is 0 Å². The number of benzene rings is 2. The van der Waals surface area contributed by atoms with Crippen molar-refractivity contribution < 1.29 is 18.1 Å². The Balaban J connectivity index is 1.75. The molecule has 0 saturated carbocycles. The van der Waals surface area contributed by atoms with E-state index in [1.165, 1.54) is 40.7 Å². The monoisotopic (exact) mass is 437 g/mol. The van der Waals surface area contributed by atoms with Gasteiger partial charge in [0.25, 0.3) is 11.6 Å². The number of carbonyl (C=O) groups is 1. The van der Waals surface area contributed by atoms with Gasteiger partial charge in [0, 0.05) is 30.9 Å². The highest BCUT2D eigenvalue weighted by molar-refractivity contribution is 7.89. The van der Waals surface area contributed by atoms with Crippen molar-refractivity contribution >= 4 is 38.9 Å². The first-order chi connectivity index (χ1) is 13.7. The number of carbonyl (C=O) groups excluding carboxylic acids is 1. The first-order valence-electron chi connectivity index (χ1n) is 9.04. The molecule has 8 nitrogen and oxygen atoms in total. The third-order valence-electron chi connectivity index (χ3n) is 4.90. The molecule has 1 amide bonds. The summed E-state index contributed by atoms with van der Waals surface area (Å²) in [5, 5.41) is 13.5. The average molecular weight is 438 g/mol. The van der Waals surface area contributed by atoms with Gasteiger partial charge in [-0.2, -0.15) is 4.31 Å². The summed E-state index contributed by atoms with van der Waals surface area (Å²) < 4.78 is 27.0. The van der Waals surface area contributed by atoms with E-state index < -0.39 is 20.9 Å². The van der Waals surface area contributed by atoms with Crippen molar-refractivity contribution in [3.8, 4) is 0 Å². The van der Waals surface area contributed by atoms with Gasteiger partial charge >= 0.3 is 0 Å². The van der Waals surface area contributed by atoms with Crippen LogP contribution < -0.4 is 5.32 Å². The summed E-state index contributed by atoms with van der Waals surface area (Å²) in [6.07, 6.45) is 1.66. The molecule has 0 atom stereocenters. The van der Waals surface area contributed by atoms with Gasteiger partial charge < -0.3 is 5.32 Å². The first-order valence-corrected chi connectivity index (χ1v) is 10.9. The van der Waals surface area contributed by atoms with Gasteiger partial charge in [0.05, 0.1) is 20.4 Å². The first kappa shape index (κ1) is 21.2. The summed E-state index contributed by atoms with van der Waals surface area (Å²) in [6.45, 7) is 3.09. The molecule has 0 spiro atoms. The maximum Gasteiger partial charge on any atom is 0.270 e. The molecule has 0 aromatic heterocycles. The molecule has 1 heterocycles. The van der Waals surface area contributed by atoms with Gasteiger partial charge in [0.15, 0.2) is 0 Å². The number of non-ortho nitro benzene ring substituents is 1. The number of hydrogen-bond donors (Lipinski definition) is 1. The van der Waals surface area contributed by atoms with Crippen LogP contribution in [0.2, 0.25) is 5.02 Å². The van der Waals surface area contributed by atoms with Gasteiger partial charge in [-0.25, -0.2) is 8.42 Å². The highest BCUT2D eigenvalue weighted by atomic mass is 35.5. The predicted molar refractivity (Wildman–Crippen MR) is 110 cm³/mol. The Morgan fingerprint density at radius 2 is 1.79 bits per heavy atom. The van der Waals surface area contributed by atoms with Crippen molar-refractivity contribution in [2.75, 3.05) is 18.4 Å². The minimum atomic E-state index is -3.58. The molecule has 0 radical (unpaired) electrons. The topological polar surface area (TPSA) is 110 Å². The Labute approximate surface area is 173 Å². The summed E-state index contributed by atoms with van der Waals surface area (Å²) in [7, 11) is -3.58. The molecule has 1 N–H and O–H groups in total. The molecule has 29 heavy (non-hydrogen) atoms. The number of anilines is 1. The normalized spacial score (nSPS) is 15.8.